The molecule has 0 saturated heterocycles. The van der Waals surface area contributed by atoms with Crippen molar-refractivity contribution in [1.82, 2.24) is 0 Å². The van der Waals surface area contributed by atoms with E-state index in [1.54, 1.807) is 6.20 Å². The summed E-state index contributed by atoms with van der Waals surface area (Å²) >= 11 is 0. The van der Waals surface area contributed by atoms with Crippen molar-refractivity contribution in [1.29, 1.82) is 0 Å². The van der Waals surface area contributed by atoms with Crippen LogP contribution in [0.2, 0.25) is 0 Å². The van der Waals surface area contributed by atoms with Gasteiger partial charge in [-0.1, -0.05) is 6.92 Å². The summed E-state index contributed by atoms with van der Waals surface area (Å²) in [5, 5.41) is 0. The first-order chi connectivity index (χ1) is 5.63. The van der Waals surface area contributed by atoms with Crippen LogP contribution in [-0.2, 0) is 0 Å². The second kappa shape index (κ2) is 3.54. The maximum absolute atomic E-state index is 5.78. The standard InChI is InChI=1S/C9H15N3/c1-6-8(11)4-3-5-12-9(6)7(2)10/h3-7H,10-11H2,1-2H3. The number of nitrogens with zero attached hydrogens (tertiary/aromatic N) is 1. The van der Waals surface area contributed by atoms with E-state index in [0.29, 0.717) is 0 Å². The monoisotopic (exact) mass is 165 g/mol. The summed E-state index contributed by atoms with van der Waals surface area (Å²) in [6.07, 6.45) is 5.43. The van der Waals surface area contributed by atoms with Gasteiger partial charge in [-0.25, -0.2) is 0 Å². The Balaban J connectivity index is 2.94. The zero-order chi connectivity index (χ0) is 9.14. The van der Waals surface area contributed by atoms with Gasteiger partial charge in [0.05, 0.1) is 0 Å². The van der Waals surface area contributed by atoms with E-state index in [4.69, 9.17) is 11.5 Å². The molecule has 0 amide bonds. The summed E-state index contributed by atoms with van der Waals surface area (Å²) in [7, 11) is 0. The van der Waals surface area contributed by atoms with E-state index in [1.807, 2.05) is 26.0 Å². The molecule has 3 heteroatoms. The first-order valence-corrected chi connectivity index (χ1v) is 4.08. The topological polar surface area (TPSA) is 64.4 Å². The van der Waals surface area contributed by atoms with E-state index in [9.17, 15) is 0 Å². The Morgan fingerprint density at radius 2 is 2.25 bits per heavy atom. The molecule has 0 aliphatic carbocycles. The van der Waals surface area contributed by atoms with E-state index in [0.717, 1.165) is 11.4 Å². The lowest BCUT2D eigenvalue weighted by molar-refractivity contribution is 0.823. The normalized spacial score (nSPS) is 25.8. The molecule has 66 valence electrons. The third-order valence-corrected chi connectivity index (χ3v) is 2.01. The average molecular weight is 165 g/mol. The molecule has 12 heavy (non-hydrogen) atoms. The molecule has 3 nitrogen and oxygen atoms in total. The van der Waals surface area contributed by atoms with Crippen LogP contribution in [0, 0.1) is 5.92 Å². The van der Waals surface area contributed by atoms with Crippen molar-refractivity contribution in [3.63, 3.8) is 0 Å². The fourth-order valence-electron chi connectivity index (χ4n) is 1.22. The SMILES string of the molecule is CC(N)C1=NC=CC=C(N)C1C. The minimum Gasteiger partial charge on any atom is -0.402 e. The number of aliphatic imine (C=N–C) groups is 1. The van der Waals surface area contributed by atoms with Crippen LogP contribution in [0.3, 0.4) is 0 Å². The van der Waals surface area contributed by atoms with Crippen molar-refractivity contribution >= 4 is 5.71 Å². The maximum Gasteiger partial charge on any atom is 0.0430 e. The molecule has 1 aliphatic rings. The van der Waals surface area contributed by atoms with E-state index >= 15 is 0 Å². The molecule has 0 aromatic rings. The van der Waals surface area contributed by atoms with E-state index in [2.05, 4.69) is 4.99 Å². The van der Waals surface area contributed by atoms with Gasteiger partial charge in [0.2, 0.25) is 0 Å². The number of hydrogen-bond acceptors (Lipinski definition) is 3. The third-order valence-electron chi connectivity index (χ3n) is 2.01. The molecule has 2 atom stereocenters. The molecule has 0 radical (unpaired) electrons. The average Bonchev–Trinajstić information content (AvgIpc) is 2.15. The molecule has 4 N–H and O–H groups in total. The van der Waals surface area contributed by atoms with Crippen LogP contribution < -0.4 is 11.5 Å². The van der Waals surface area contributed by atoms with Gasteiger partial charge in [0, 0.05) is 29.6 Å². The summed E-state index contributed by atoms with van der Waals surface area (Å²) in [6, 6.07) is -0.0327. The predicted molar refractivity (Wildman–Crippen MR) is 51.7 cm³/mol. The highest BCUT2D eigenvalue weighted by molar-refractivity contribution is 5.93. The Bertz CT molecular complexity index is 248. The lowest BCUT2D eigenvalue weighted by Crippen LogP contribution is -2.33. The van der Waals surface area contributed by atoms with Crippen molar-refractivity contribution in [3.05, 3.63) is 24.0 Å². The van der Waals surface area contributed by atoms with Crippen molar-refractivity contribution in [2.75, 3.05) is 0 Å². The summed E-state index contributed by atoms with van der Waals surface area (Å²) < 4.78 is 0. The molecular weight excluding hydrogens is 150 g/mol. The van der Waals surface area contributed by atoms with Crippen molar-refractivity contribution < 1.29 is 0 Å². The molecule has 0 aromatic carbocycles. The van der Waals surface area contributed by atoms with Crippen LogP contribution in [0.4, 0.5) is 0 Å². The lowest BCUT2D eigenvalue weighted by atomic mass is 9.97. The molecule has 0 aromatic heterocycles. The van der Waals surface area contributed by atoms with Gasteiger partial charge in [0.1, 0.15) is 0 Å². The Morgan fingerprint density at radius 1 is 1.58 bits per heavy atom. The van der Waals surface area contributed by atoms with Crippen LogP contribution in [-0.4, -0.2) is 11.8 Å². The molecule has 0 fully saturated rings. The minimum atomic E-state index is -0.0327. The zero-order valence-corrected chi connectivity index (χ0v) is 7.49. The van der Waals surface area contributed by atoms with Crippen LogP contribution in [0.25, 0.3) is 0 Å². The van der Waals surface area contributed by atoms with Gasteiger partial charge < -0.3 is 11.5 Å². The first-order valence-electron chi connectivity index (χ1n) is 4.08. The maximum atomic E-state index is 5.78. The lowest BCUT2D eigenvalue weighted by Gasteiger charge is -2.16. The van der Waals surface area contributed by atoms with E-state index in [1.165, 1.54) is 0 Å². The fourth-order valence-corrected chi connectivity index (χ4v) is 1.22. The number of nitrogens with two attached hydrogens (primary N) is 2. The highest BCUT2D eigenvalue weighted by atomic mass is 14.8. The molecule has 1 aliphatic heterocycles. The smallest absolute Gasteiger partial charge is 0.0430 e. The molecule has 0 spiro atoms. The number of hydrogen-bond donors (Lipinski definition) is 2. The second-order valence-electron chi connectivity index (χ2n) is 3.07. The number of allylic oxidation sites excluding steroid dienone is 3. The Kier molecular flexibility index (Phi) is 2.65. The van der Waals surface area contributed by atoms with Gasteiger partial charge in [-0.3, -0.25) is 4.99 Å². The fraction of sp³-hybridized carbons (Fsp3) is 0.444. The second-order valence-corrected chi connectivity index (χ2v) is 3.07. The summed E-state index contributed by atoms with van der Waals surface area (Å²) in [6.45, 7) is 3.93. The first kappa shape index (κ1) is 9.00. The van der Waals surface area contributed by atoms with Crippen molar-refractivity contribution in [2.24, 2.45) is 22.4 Å². The quantitative estimate of drug-likeness (QED) is 0.603. The summed E-state index contributed by atoms with van der Waals surface area (Å²) in [4.78, 5) is 4.23. The zero-order valence-electron chi connectivity index (χ0n) is 7.49. The Hall–Kier alpha value is -1.09. The van der Waals surface area contributed by atoms with Crippen molar-refractivity contribution in [3.8, 4) is 0 Å². The van der Waals surface area contributed by atoms with Crippen molar-refractivity contribution in [2.45, 2.75) is 19.9 Å². The molecular formula is C9H15N3. The van der Waals surface area contributed by atoms with E-state index in [-0.39, 0.29) is 12.0 Å². The van der Waals surface area contributed by atoms with Gasteiger partial charge in [-0.2, -0.15) is 0 Å². The van der Waals surface area contributed by atoms with Gasteiger partial charge in [0.25, 0.3) is 0 Å². The predicted octanol–water partition coefficient (Wildman–Crippen LogP) is 0.781. The highest BCUT2D eigenvalue weighted by Crippen LogP contribution is 2.12. The van der Waals surface area contributed by atoms with Gasteiger partial charge in [0.15, 0.2) is 0 Å². The molecule has 1 rings (SSSR count). The Morgan fingerprint density at radius 3 is 2.83 bits per heavy atom. The summed E-state index contributed by atoms with van der Waals surface area (Å²) in [5.74, 6) is 0.153. The molecule has 1 heterocycles. The van der Waals surface area contributed by atoms with Gasteiger partial charge >= 0.3 is 0 Å². The highest BCUT2D eigenvalue weighted by Gasteiger charge is 2.16. The van der Waals surface area contributed by atoms with Gasteiger partial charge in [-0.05, 0) is 19.1 Å². The largest absolute Gasteiger partial charge is 0.402 e. The number of rotatable bonds is 1. The minimum absolute atomic E-state index is 0.0327. The van der Waals surface area contributed by atoms with E-state index < -0.39 is 0 Å². The van der Waals surface area contributed by atoms with Gasteiger partial charge in [-0.15, -0.1) is 0 Å². The van der Waals surface area contributed by atoms with Crippen LogP contribution in [0.1, 0.15) is 13.8 Å². The van der Waals surface area contributed by atoms with Crippen LogP contribution in [0.5, 0.6) is 0 Å². The van der Waals surface area contributed by atoms with Crippen LogP contribution in [0.15, 0.2) is 29.0 Å². The molecule has 0 saturated carbocycles. The molecule has 0 bridgehead atoms. The third kappa shape index (κ3) is 1.74. The van der Waals surface area contributed by atoms with Crippen LogP contribution >= 0.6 is 0 Å². The summed E-state index contributed by atoms with van der Waals surface area (Å²) in [5.41, 5.74) is 13.3. The molecule has 2 unspecified atom stereocenters. The Labute approximate surface area is 72.8 Å².